The molecule has 2 heterocycles. The van der Waals surface area contributed by atoms with Gasteiger partial charge in [-0.15, -0.1) is 0 Å². The normalized spacial score (nSPS) is 22.4. The Balaban J connectivity index is 2.21. The Morgan fingerprint density at radius 1 is 1.43 bits per heavy atom. The van der Waals surface area contributed by atoms with E-state index in [9.17, 15) is 18.3 Å². The van der Waals surface area contributed by atoms with Crippen LogP contribution >= 0.6 is 0 Å². The molecular formula is C16H23F3N2O2. The zero-order valence-corrected chi connectivity index (χ0v) is 13.3. The van der Waals surface area contributed by atoms with E-state index in [0.717, 1.165) is 31.7 Å². The summed E-state index contributed by atoms with van der Waals surface area (Å²) in [5.41, 5.74) is -1.11. The van der Waals surface area contributed by atoms with Crippen LogP contribution in [0.3, 0.4) is 0 Å². The van der Waals surface area contributed by atoms with E-state index in [1.54, 1.807) is 12.0 Å². The number of halogens is 3. The van der Waals surface area contributed by atoms with Gasteiger partial charge in [0.15, 0.2) is 0 Å². The van der Waals surface area contributed by atoms with Gasteiger partial charge in [0.25, 0.3) is 0 Å². The molecule has 0 spiro atoms. The van der Waals surface area contributed by atoms with Crippen LogP contribution in [0.15, 0.2) is 18.3 Å². The molecule has 1 aromatic rings. The van der Waals surface area contributed by atoms with Crippen LogP contribution in [0.4, 0.5) is 19.0 Å². The van der Waals surface area contributed by atoms with Crippen LogP contribution in [0.2, 0.25) is 0 Å². The fourth-order valence-corrected chi connectivity index (χ4v) is 3.26. The minimum Gasteiger partial charge on any atom is -0.396 e. The van der Waals surface area contributed by atoms with Gasteiger partial charge in [0.2, 0.25) is 0 Å². The average molecular weight is 332 g/mol. The number of hydrogen-bond acceptors (Lipinski definition) is 4. The first-order valence-electron chi connectivity index (χ1n) is 7.79. The van der Waals surface area contributed by atoms with Gasteiger partial charge in [0, 0.05) is 38.4 Å². The predicted octanol–water partition coefficient (Wildman–Crippen LogP) is 3.11. The number of anilines is 1. The van der Waals surface area contributed by atoms with Crippen LogP contribution in [0.1, 0.15) is 31.2 Å². The van der Waals surface area contributed by atoms with Crippen LogP contribution in [0.25, 0.3) is 0 Å². The third-order valence-electron chi connectivity index (χ3n) is 4.44. The molecule has 7 heteroatoms. The van der Waals surface area contributed by atoms with Crippen molar-refractivity contribution in [2.75, 3.05) is 38.3 Å². The Hall–Kier alpha value is -1.34. The summed E-state index contributed by atoms with van der Waals surface area (Å²) >= 11 is 0. The van der Waals surface area contributed by atoms with Gasteiger partial charge in [0.05, 0.1) is 12.2 Å². The van der Waals surface area contributed by atoms with E-state index >= 15 is 0 Å². The first kappa shape index (κ1) is 18.0. The monoisotopic (exact) mass is 332 g/mol. The predicted molar refractivity (Wildman–Crippen MR) is 81.3 cm³/mol. The van der Waals surface area contributed by atoms with E-state index in [0.29, 0.717) is 19.7 Å². The maximum Gasteiger partial charge on any atom is 0.419 e. The molecule has 0 aromatic carbocycles. The molecule has 23 heavy (non-hydrogen) atoms. The first-order valence-corrected chi connectivity index (χ1v) is 7.79. The third-order valence-corrected chi connectivity index (χ3v) is 4.44. The number of aliphatic hydroxyl groups is 1. The number of hydrogen-bond donors (Lipinski definition) is 1. The number of piperidine rings is 1. The first-order chi connectivity index (χ1) is 10.9. The van der Waals surface area contributed by atoms with Crippen LogP contribution in [0, 0.1) is 5.41 Å². The highest BCUT2D eigenvalue weighted by Crippen LogP contribution is 2.40. The Kier molecular flexibility index (Phi) is 5.86. The van der Waals surface area contributed by atoms with Crippen molar-refractivity contribution in [3.63, 3.8) is 0 Å². The number of pyridine rings is 1. The molecule has 0 radical (unpaired) electrons. The molecule has 1 atom stereocenters. The molecule has 0 aliphatic carbocycles. The second-order valence-electron chi connectivity index (χ2n) is 6.15. The number of ether oxygens (including phenoxy) is 1. The Bertz CT molecular complexity index is 510. The van der Waals surface area contributed by atoms with Crippen LogP contribution in [0.5, 0.6) is 0 Å². The van der Waals surface area contributed by atoms with Crippen molar-refractivity contribution in [2.45, 2.75) is 31.9 Å². The van der Waals surface area contributed by atoms with Gasteiger partial charge in [-0.1, -0.05) is 0 Å². The van der Waals surface area contributed by atoms with Gasteiger partial charge in [-0.3, -0.25) is 0 Å². The molecule has 1 aliphatic heterocycles. The van der Waals surface area contributed by atoms with Gasteiger partial charge in [0.1, 0.15) is 5.82 Å². The van der Waals surface area contributed by atoms with Gasteiger partial charge >= 0.3 is 6.18 Å². The fourth-order valence-electron chi connectivity index (χ4n) is 3.26. The molecule has 0 amide bonds. The average Bonchev–Trinajstić information content (AvgIpc) is 2.54. The molecule has 130 valence electrons. The van der Waals surface area contributed by atoms with Crippen molar-refractivity contribution in [1.82, 2.24) is 4.98 Å². The number of alkyl halides is 3. The molecule has 1 saturated heterocycles. The highest BCUT2D eigenvalue weighted by Gasteiger charge is 2.40. The zero-order chi connectivity index (χ0) is 16.9. The molecule has 4 nitrogen and oxygen atoms in total. The molecular weight excluding hydrogens is 309 g/mol. The van der Waals surface area contributed by atoms with Crippen molar-refractivity contribution in [3.8, 4) is 0 Å². The summed E-state index contributed by atoms with van der Waals surface area (Å²) in [5.74, 6) is -0.0377. The van der Waals surface area contributed by atoms with E-state index in [2.05, 4.69) is 4.98 Å². The van der Waals surface area contributed by atoms with Crippen molar-refractivity contribution >= 4 is 5.82 Å². The minimum absolute atomic E-state index is 0.0377. The Morgan fingerprint density at radius 3 is 2.87 bits per heavy atom. The van der Waals surface area contributed by atoms with E-state index in [1.165, 1.54) is 12.3 Å². The van der Waals surface area contributed by atoms with Crippen LogP contribution < -0.4 is 4.90 Å². The molecule has 0 bridgehead atoms. The summed E-state index contributed by atoms with van der Waals surface area (Å²) in [6.45, 7) is 1.44. The van der Waals surface area contributed by atoms with Gasteiger partial charge in [-0.2, -0.15) is 13.2 Å². The lowest BCUT2D eigenvalue weighted by atomic mass is 9.77. The molecule has 1 aromatic heterocycles. The van der Waals surface area contributed by atoms with Gasteiger partial charge < -0.3 is 14.7 Å². The molecule has 1 N–H and O–H groups in total. The highest BCUT2D eigenvalue weighted by atomic mass is 19.4. The number of aliphatic hydroxyl groups excluding tert-OH is 1. The third kappa shape index (κ3) is 4.35. The summed E-state index contributed by atoms with van der Waals surface area (Å²) in [7, 11) is 1.61. The van der Waals surface area contributed by atoms with E-state index in [-0.39, 0.29) is 12.4 Å². The lowest BCUT2D eigenvalue weighted by Crippen LogP contribution is -2.46. The second-order valence-corrected chi connectivity index (χ2v) is 6.15. The van der Waals surface area contributed by atoms with Crippen LogP contribution in [-0.2, 0) is 10.9 Å². The minimum atomic E-state index is -4.43. The number of methoxy groups -OCH3 is 1. The number of nitrogens with zero attached hydrogens (tertiary/aromatic N) is 2. The lowest BCUT2D eigenvalue weighted by Gasteiger charge is -2.43. The highest BCUT2D eigenvalue weighted by molar-refractivity contribution is 5.49. The largest absolute Gasteiger partial charge is 0.419 e. The Labute approximate surface area is 134 Å². The molecule has 1 fully saturated rings. The van der Waals surface area contributed by atoms with Crippen molar-refractivity contribution in [1.29, 1.82) is 0 Å². The van der Waals surface area contributed by atoms with Crippen molar-refractivity contribution < 1.29 is 23.0 Å². The summed E-state index contributed by atoms with van der Waals surface area (Å²) in [6, 6.07) is 2.36. The molecule has 1 aliphatic rings. The van der Waals surface area contributed by atoms with Crippen molar-refractivity contribution in [3.05, 3.63) is 23.9 Å². The zero-order valence-electron chi connectivity index (χ0n) is 13.3. The standard InChI is InChI=1S/C16H23F3N2O2/c1-23-10-4-7-15(12-22)6-3-9-21(11-15)14-13(16(17,18)19)5-2-8-20-14/h2,5,8,22H,3-4,6-7,9-12H2,1H3/t15-/m1/s1. The maximum atomic E-state index is 13.2. The van der Waals surface area contributed by atoms with E-state index in [1.807, 2.05) is 0 Å². The molecule has 0 saturated carbocycles. The Morgan fingerprint density at radius 2 is 2.22 bits per heavy atom. The topological polar surface area (TPSA) is 45.6 Å². The smallest absolute Gasteiger partial charge is 0.396 e. The quantitative estimate of drug-likeness (QED) is 0.813. The second kappa shape index (κ2) is 7.49. The van der Waals surface area contributed by atoms with E-state index < -0.39 is 17.2 Å². The summed E-state index contributed by atoms with van der Waals surface area (Å²) in [6.07, 6.45) is -0.00965. The fraction of sp³-hybridized carbons (Fsp3) is 0.688. The van der Waals surface area contributed by atoms with Crippen LogP contribution in [-0.4, -0.2) is 43.5 Å². The SMILES string of the molecule is COCCC[C@]1(CO)CCCN(c2ncccc2C(F)(F)F)C1. The maximum absolute atomic E-state index is 13.2. The number of rotatable bonds is 6. The van der Waals surface area contributed by atoms with Gasteiger partial charge in [-0.05, 0) is 37.8 Å². The summed E-state index contributed by atoms with van der Waals surface area (Å²) in [4.78, 5) is 5.63. The van der Waals surface area contributed by atoms with Gasteiger partial charge in [-0.25, -0.2) is 4.98 Å². The molecule has 0 unspecified atom stereocenters. The summed E-state index contributed by atoms with van der Waals surface area (Å²) < 4.78 is 44.6. The number of aromatic nitrogens is 1. The lowest BCUT2D eigenvalue weighted by molar-refractivity contribution is -0.137. The van der Waals surface area contributed by atoms with E-state index in [4.69, 9.17) is 4.74 Å². The molecule has 2 rings (SSSR count). The summed E-state index contributed by atoms with van der Waals surface area (Å²) in [5, 5.41) is 9.82. The van der Waals surface area contributed by atoms with Crippen molar-refractivity contribution in [2.24, 2.45) is 5.41 Å².